The Hall–Kier alpha value is -0.711. The van der Waals surface area contributed by atoms with Crippen LogP contribution >= 0.6 is 24.0 Å². The number of hydrogen-bond acceptors (Lipinski definition) is 2. The molecule has 2 aromatic carbocycles. The van der Waals surface area contributed by atoms with E-state index in [4.69, 9.17) is 0 Å². The second kappa shape index (κ2) is 9.67. The van der Waals surface area contributed by atoms with Crippen LogP contribution in [0.4, 0.5) is 11.4 Å². The van der Waals surface area contributed by atoms with Crippen molar-refractivity contribution in [3.63, 3.8) is 0 Å². The van der Waals surface area contributed by atoms with Crippen molar-refractivity contribution >= 4 is 74.2 Å². The van der Waals surface area contributed by atoms with Gasteiger partial charge >= 0.3 is 170 Å². The Morgan fingerprint density at radius 1 is 0.963 bits per heavy atom. The van der Waals surface area contributed by atoms with Crippen molar-refractivity contribution < 1.29 is 0 Å². The van der Waals surface area contributed by atoms with E-state index in [1.54, 1.807) is 4.46 Å². The predicted molar refractivity (Wildman–Crippen MR) is 131 cm³/mol. The third kappa shape index (κ3) is 4.33. The molecule has 2 nitrogen and oxygen atoms in total. The minimum Gasteiger partial charge on any atom is -0.107 e. The van der Waals surface area contributed by atoms with Crippen molar-refractivity contribution in [1.29, 1.82) is 0 Å². The summed E-state index contributed by atoms with van der Waals surface area (Å²) in [4.78, 5) is 5.03. The van der Waals surface area contributed by atoms with Crippen molar-refractivity contribution in [2.45, 2.75) is 25.2 Å². The fourth-order valence-corrected chi connectivity index (χ4v) is 8.39. The molecule has 0 aromatic heterocycles. The molecule has 0 spiro atoms. The van der Waals surface area contributed by atoms with Crippen LogP contribution in [-0.4, -0.2) is 49.0 Å². The molecule has 0 bridgehead atoms. The number of rotatable bonds is 4. The second-order valence-electron chi connectivity index (χ2n) is 6.34. The SMILES string of the molecule is CCN1C(=CC=CC2C[Se]c3ccccc3N2CC)[Se]c2ccccc21.I. The number of halogens is 1. The normalized spacial score (nSPS) is 19.9. The van der Waals surface area contributed by atoms with Gasteiger partial charge in [0, 0.05) is 0 Å². The van der Waals surface area contributed by atoms with Crippen molar-refractivity contribution in [2.24, 2.45) is 0 Å². The molecule has 5 heteroatoms. The minimum absolute atomic E-state index is 0. The first-order chi connectivity index (χ1) is 12.8. The summed E-state index contributed by atoms with van der Waals surface area (Å²) in [6.45, 7) is 6.62. The van der Waals surface area contributed by atoms with Crippen LogP contribution in [0.5, 0.6) is 0 Å². The van der Waals surface area contributed by atoms with E-state index in [0.29, 0.717) is 36.0 Å². The molecule has 2 aliphatic heterocycles. The number of hydrogen-bond donors (Lipinski definition) is 0. The van der Waals surface area contributed by atoms with Crippen LogP contribution in [-0.2, 0) is 0 Å². The van der Waals surface area contributed by atoms with Crippen LogP contribution in [0.3, 0.4) is 0 Å². The van der Waals surface area contributed by atoms with Crippen LogP contribution in [0, 0.1) is 0 Å². The van der Waals surface area contributed by atoms with Crippen LogP contribution in [0.15, 0.2) is 71.4 Å². The molecule has 0 radical (unpaired) electrons. The van der Waals surface area contributed by atoms with Gasteiger partial charge in [0.15, 0.2) is 0 Å². The zero-order valence-corrected chi connectivity index (χ0v) is 21.4. The molecule has 4 rings (SSSR count). The number of fused-ring (bicyclic) bond motifs is 2. The molecule has 0 aliphatic carbocycles. The van der Waals surface area contributed by atoms with E-state index in [-0.39, 0.29) is 24.0 Å². The molecule has 0 fully saturated rings. The molecule has 1 atom stereocenters. The summed E-state index contributed by atoms with van der Waals surface area (Å²) in [5.74, 6) is 0. The molecule has 2 aliphatic rings. The van der Waals surface area contributed by atoms with Crippen molar-refractivity contribution in [3.05, 3.63) is 71.4 Å². The van der Waals surface area contributed by atoms with Gasteiger partial charge in [0.05, 0.1) is 0 Å². The van der Waals surface area contributed by atoms with E-state index < -0.39 is 0 Å². The maximum absolute atomic E-state index is 2.56. The molecule has 2 aromatic rings. The third-order valence-electron chi connectivity index (χ3n) is 4.85. The Kier molecular flexibility index (Phi) is 7.52. The van der Waals surface area contributed by atoms with Crippen LogP contribution in [0.2, 0.25) is 5.32 Å². The molecular formula is C22H25IN2Se2. The van der Waals surface area contributed by atoms with Gasteiger partial charge in [-0.15, -0.1) is 24.0 Å². The molecule has 0 amide bonds. The van der Waals surface area contributed by atoms with Gasteiger partial charge in [-0.05, 0) is 0 Å². The van der Waals surface area contributed by atoms with E-state index in [9.17, 15) is 0 Å². The molecule has 2 heterocycles. The summed E-state index contributed by atoms with van der Waals surface area (Å²) in [6.07, 6.45) is 7.08. The van der Waals surface area contributed by atoms with Gasteiger partial charge in [0.1, 0.15) is 0 Å². The maximum atomic E-state index is 2.56. The van der Waals surface area contributed by atoms with E-state index in [1.165, 1.54) is 25.8 Å². The number of para-hydroxylation sites is 2. The number of likely N-dealkylation sites (N-methyl/N-ethyl adjacent to an activating group) is 1. The molecule has 1 unspecified atom stereocenters. The number of benzene rings is 2. The molecule has 0 saturated carbocycles. The summed E-state index contributed by atoms with van der Waals surface area (Å²) in [5, 5.41) is 1.26. The van der Waals surface area contributed by atoms with Crippen LogP contribution in [0.1, 0.15) is 13.8 Å². The average Bonchev–Trinajstić information content (AvgIpc) is 3.05. The predicted octanol–water partition coefficient (Wildman–Crippen LogP) is 3.53. The molecular weight excluding hydrogens is 577 g/mol. The summed E-state index contributed by atoms with van der Waals surface area (Å²) >= 11 is 0.998. The largest absolute Gasteiger partial charge is 0.107 e. The Balaban J connectivity index is 0.00000210. The zero-order valence-electron chi connectivity index (χ0n) is 15.7. The van der Waals surface area contributed by atoms with E-state index >= 15 is 0 Å². The Bertz CT molecular complexity index is 850. The van der Waals surface area contributed by atoms with E-state index in [0.717, 1.165) is 13.1 Å². The van der Waals surface area contributed by atoms with Gasteiger partial charge in [0.25, 0.3) is 0 Å². The number of nitrogens with zero attached hydrogens (tertiary/aromatic N) is 2. The van der Waals surface area contributed by atoms with Gasteiger partial charge in [-0.3, -0.25) is 0 Å². The average molecular weight is 602 g/mol. The van der Waals surface area contributed by atoms with Crippen molar-refractivity contribution in [3.8, 4) is 0 Å². The van der Waals surface area contributed by atoms with Gasteiger partial charge in [-0.25, -0.2) is 0 Å². The van der Waals surface area contributed by atoms with Gasteiger partial charge < -0.3 is 0 Å². The van der Waals surface area contributed by atoms with E-state index in [2.05, 4.69) is 90.4 Å². The van der Waals surface area contributed by atoms with Crippen molar-refractivity contribution in [1.82, 2.24) is 0 Å². The summed E-state index contributed by atoms with van der Waals surface area (Å²) in [6, 6.07) is 18.3. The van der Waals surface area contributed by atoms with Gasteiger partial charge in [-0.1, -0.05) is 0 Å². The Morgan fingerprint density at radius 3 is 2.41 bits per heavy atom. The topological polar surface area (TPSA) is 6.48 Å². The smallest absolute Gasteiger partial charge is 0.107 e. The summed E-state index contributed by atoms with van der Waals surface area (Å²) in [7, 11) is 0. The Labute approximate surface area is 192 Å². The first-order valence-electron chi connectivity index (χ1n) is 9.23. The number of allylic oxidation sites excluding steroid dienone is 2. The fourth-order valence-electron chi connectivity index (χ4n) is 3.59. The maximum Gasteiger partial charge on any atom is -0.107 e. The standard InChI is InChI=1S/C22H24N2Se2.HI/c1-3-23-17(16-25-20-13-7-5-11-18(20)23)10-9-15-22-24(4-2)19-12-6-8-14-21(19)26-22;/h5-15,17H,3-4,16H2,1-2H3;1H. The number of anilines is 2. The summed E-state index contributed by atoms with van der Waals surface area (Å²) < 4.78 is 4.53. The van der Waals surface area contributed by atoms with Crippen molar-refractivity contribution in [2.75, 3.05) is 22.9 Å². The molecule has 27 heavy (non-hydrogen) atoms. The molecule has 142 valence electrons. The van der Waals surface area contributed by atoms with Gasteiger partial charge in [-0.2, -0.15) is 0 Å². The first kappa shape index (κ1) is 21.0. The minimum atomic E-state index is 0. The first-order valence-corrected chi connectivity index (χ1v) is 13.0. The Morgan fingerprint density at radius 2 is 1.67 bits per heavy atom. The van der Waals surface area contributed by atoms with Crippen LogP contribution in [0.25, 0.3) is 0 Å². The van der Waals surface area contributed by atoms with E-state index in [1.807, 2.05) is 0 Å². The monoisotopic (exact) mass is 604 g/mol. The quantitative estimate of drug-likeness (QED) is 0.391. The second-order valence-corrected chi connectivity index (χ2v) is 10.8. The van der Waals surface area contributed by atoms with Gasteiger partial charge in [0.2, 0.25) is 0 Å². The van der Waals surface area contributed by atoms with Crippen LogP contribution < -0.4 is 18.7 Å². The molecule has 0 saturated heterocycles. The summed E-state index contributed by atoms with van der Waals surface area (Å²) in [5.41, 5.74) is 2.84. The third-order valence-corrected chi connectivity index (χ3v) is 9.67. The fraction of sp³-hybridized carbons (Fsp3) is 0.273. The zero-order chi connectivity index (χ0) is 17.9. The molecule has 0 N–H and O–H groups in total.